The predicted octanol–water partition coefficient (Wildman–Crippen LogP) is 3.39. The molecule has 1 aromatic heterocycles. The molecule has 29 heavy (non-hydrogen) atoms. The van der Waals surface area contributed by atoms with E-state index in [9.17, 15) is 9.59 Å². The molecule has 0 spiro atoms. The van der Waals surface area contributed by atoms with E-state index in [4.69, 9.17) is 25.8 Å². The van der Waals surface area contributed by atoms with Gasteiger partial charge in [-0.1, -0.05) is 11.6 Å². The average Bonchev–Trinajstić information content (AvgIpc) is 2.66. The number of carbonyl (C=O) groups is 2. The van der Waals surface area contributed by atoms with Crippen molar-refractivity contribution in [2.45, 2.75) is 39.9 Å². The molecule has 0 aliphatic carbocycles. The maximum absolute atomic E-state index is 12.3. The van der Waals surface area contributed by atoms with Crippen LogP contribution in [0.3, 0.4) is 0 Å². The lowest BCUT2D eigenvalue weighted by Gasteiger charge is -2.14. The first-order valence-corrected chi connectivity index (χ1v) is 9.36. The summed E-state index contributed by atoms with van der Waals surface area (Å²) in [5.41, 5.74) is 5.12. The van der Waals surface area contributed by atoms with Gasteiger partial charge in [0.15, 0.2) is 11.5 Å². The van der Waals surface area contributed by atoms with Crippen molar-refractivity contribution in [2.75, 3.05) is 7.11 Å². The largest absolute Gasteiger partial charge is 0.493 e. The monoisotopic (exact) mass is 421 g/mol. The molecule has 2 amide bonds. The van der Waals surface area contributed by atoms with Gasteiger partial charge in [-0.05, 0) is 52.0 Å². The maximum atomic E-state index is 12.3. The van der Waals surface area contributed by atoms with Crippen molar-refractivity contribution in [3.63, 3.8) is 0 Å². The number of rotatable bonds is 7. The van der Waals surface area contributed by atoms with Crippen LogP contribution in [0.25, 0.3) is 0 Å². The Morgan fingerprint density at radius 2 is 1.55 bits per heavy atom. The Morgan fingerprint density at radius 1 is 0.931 bits per heavy atom. The third-order valence-corrected chi connectivity index (χ3v) is 3.77. The van der Waals surface area contributed by atoms with Gasteiger partial charge >= 0.3 is 0 Å². The van der Waals surface area contributed by atoms with E-state index in [2.05, 4.69) is 15.8 Å². The molecule has 0 aliphatic heterocycles. The second kappa shape index (κ2) is 9.97. The van der Waals surface area contributed by atoms with E-state index in [-0.39, 0.29) is 34.2 Å². The van der Waals surface area contributed by atoms with E-state index in [0.717, 1.165) is 0 Å². The first-order chi connectivity index (χ1) is 13.7. The Morgan fingerprint density at radius 3 is 2.10 bits per heavy atom. The van der Waals surface area contributed by atoms with E-state index in [1.165, 1.54) is 25.4 Å². The van der Waals surface area contributed by atoms with Gasteiger partial charge in [0.1, 0.15) is 5.02 Å². The van der Waals surface area contributed by atoms with Gasteiger partial charge in [0.2, 0.25) is 5.88 Å². The highest BCUT2D eigenvalue weighted by atomic mass is 35.5. The van der Waals surface area contributed by atoms with Crippen LogP contribution in [0.5, 0.6) is 17.4 Å². The van der Waals surface area contributed by atoms with Crippen LogP contribution in [0.15, 0.2) is 30.5 Å². The minimum atomic E-state index is -0.574. The molecule has 0 aliphatic rings. The van der Waals surface area contributed by atoms with Crippen LogP contribution in [-0.4, -0.2) is 36.1 Å². The number of benzene rings is 1. The molecular weight excluding hydrogens is 398 g/mol. The lowest BCUT2D eigenvalue weighted by Crippen LogP contribution is -2.41. The number of halogens is 1. The Kier molecular flexibility index (Phi) is 7.67. The van der Waals surface area contributed by atoms with E-state index >= 15 is 0 Å². The topological polar surface area (TPSA) is 98.8 Å². The Hall–Kier alpha value is -3.00. The molecule has 156 valence electrons. The summed E-state index contributed by atoms with van der Waals surface area (Å²) in [6.45, 7) is 7.45. The molecular formula is C20H24ClN3O5. The van der Waals surface area contributed by atoms with Crippen molar-refractivity contribution in [1.29, 1.82) is 0 Å². The molecule has 1 aromatic carbocycles. The number of amides is 2. The fourth-order valence-electron chi connectivity index (χ4n) is 2.28. The number of pyridine rings is 1. The quantitative estimate of drug-likeness (QED) is 0.665. The third kappa shape index (κ3) is 6.25. The molecule has 0 atom stereocenters. The Labute approximate surface area is 174 Å². The van der Waals surface area contributed by atoms with Crippen molar-refractivity contribution in [3.05, 3.63) is 46.6 Å². The standard InChI is InChI=1S/C20H24ClN3O5/c1-11(2)28-16-7-6-13(9-17(16)27-5)18(25)23-24-19(26)14-8-15(21)20(22-10-14)29-12(3)4/h6-12H,1-5H3,(H,23,25)(H,24,26). The molecule has 9 heteroatoms. The number of carbonyl (C=O) groups excluding carboxylic acids is 2. The molecule has 0 bridgehead atoms. The van der Waals surface area contributed by atoms with E-state index in [1.54, 1.807) is 12.1 Å². The minimum absolute atomic E-state index is 0.0411. The van der Waals surface area contributed by atoms with Gasteiger partial charge in [-0.2, -0.15) is 0 Å². The summed E-state index contributed by atoms with van der Waals surface area (Å²) in [4.78, 5) is 28.6. The zero-order valence-corrected chi connectivity index (χ0v) is 17.7. The molecule has 0 fully saturated rings. The zero-order valence-electron chi connectivity index (χ0n) is 16.9. The molecule has 0 saturated carbocycles. The van der Waals surface area contributed by atoms with Gasteiger partial charge < -0.3 is 14.2 Å². The molecule has 2 N–H and O–H groups in total. The van der Waals surface area contributed by atoms with Gasteiger partial charge in [-0.3, -0.25) is 20.4 Å². The van der Waals surface area contributed by atoms with Crippen LogP contribution in [0.4, 0.5) is 0 Å². The van der Waals surface area contributed by atoms with Crippen molar-refractivity contribution >= 4 is 23.4 Å². The molecule has 0 saturated heterocycles. The van der Waals surface area contributed by atoms with E-state index < -0.39 is 11.8 Å². The molecule has 2 rings (SSSR count). The Balaban J connectivity index is 2.03. The van der Waals surface area contributed by atoms with Gasteiger partial charge in [0.25, 0.3) is 11.8 Å². The summed E-state index contributed by atoms with van der Waals surface area (Å²) >= 11 is 6.08. The van der Waals surface area contributed by atoms with E-state index in [0.29, 0.717) is 11.5 Å². The predicted molar refractivity (Wildman–Crippen MR) is 109 cm³/mol. The summed E-state index contributed by atoms with van der Waals surface area (Å²) < 4.78 is 16.3. The summed E-state index contributed by atoms with van der Waals surface area (Å²) in [6, 6.07) is 6.13. The molecule has 1 heterocycles. The van der Waals surface area contributed by atoms with Crippen molar-refractivity contribution in [2.24, 2.45) is 0 Å². The summed E-state index contributed by atoms with van der Waals surface area (Å²) in [7, 11) is 1.48. The molecule has 0 radical (unpaired) electrons. The number of aromatic nitrogens is 1. The van der Waals surface area contributed by atoms with Crippen LogP contribution in [0.1, 0.15) is 48.4 Å². The normalized spacial score (nSPS) is 10.6. The highest BCUT2D eigenvalue weighted by Gasteiger charge is 2.15. The number of methoxy groups -OCH3 is 1. The lowest BCUT2D eigenvalue weighted by atomic mass is 10.2. The summed E-state index contributed by atoms with van der Waals surface area (Å²) in [5, 5.41) is 0.197. The smallest absolute Gasteiger partial charge is 0.271 e. The van der Waals surface area contributed by atoms with E-state index in [1.807, 2.05) is 27.7 Å². The maximum Gasteiger partial charge on any atom is 0.271 e. The first-order valence-electron chi connectivity index (χ1n) is 8.98. The zero-order chi connectivity index (χ0) is 21.6. The first kappa shape index (κ1) is 22.3. The summed E-state index contributed by atoms with van der Waals surface area (Å²) in [6.07, 6.45) is 1.17. The molecule has 8 nitrogen and oxygen atoms in total. The average molecular weight is 422 g/mol. The second-order valence-corrected chi connectivity index (χ2v) is 7.03. The minimum Gasteiger partial charge on any atom is -0.493 e. The highest BCUT2D eigenvalue weighted by Crippen LogP contribution is 2.29. The fraction of sp³-hybridized carbons (Fsp3) is 0.350. The van der Waals surface area contributed by atoms with Crippen LogP contribution in [0, 0.1) is 0 Å². The van der Waals surface area contributed by atoms with Crippen molar-refractivity contribution in [1.82, 2.24) is 15.8 Å². The molecule has 0 unspecified atom stereocenters. The number of hydrazine groups is 1. The SMILES string of the molecule is COc1cc(C(=O)NNC(=O)c2cnc(OC(C)C)c(Cl)c2)ccc1OC(C)C. The number of hydrogen-bond acceptors (Lipinski definition) is 6. The fourth-order valence-corrected chi connectivity index (χ4v) is 2.49. The Bertz CT molecular complexity index is 886. The number of nitrogens with one attached hydrogen (secondary N) is 2. The van der Waals surface area contributed by atoms with Crippen molar-refractivity contribution < 1.29 is 23.8 Å². The highest BCUT2D eigenvalue weighted by molar-refractivity contribution is 6.32. The van der Waals surface area contributed by atoms with Gasteiger partial charge in [0.05, 0.1) is 24.9 Å². The lowest BCUT2D eigenvalue weighted by molar-refractivity contribution is 0.0846. The van der Waals surface area contributed by atoms with Crippen LogP contribution < -0.4 is 25.1 Å². The van der Waals surface area contributed by atoms with Gasteiger partial charge in [0, 0.05) is 11.8 Å². The van der Waals surface area contributed by atoms with Crippen LogP contribution >= 0.6 is 11.6 Å². The van der Waals surface area contributed by atoms with Crippen LogP contribution in [0.2, 0.25) is 5.02 Å². The number of ether oxygens (including phenoxy) is 3. The van der Waals surface area contributed by atoms with Crippen molar-refractivity contribution in [3.8, 4) is 17.4 Å². The number of nitrogens with zero attached hydrogens (tertiary/aromatic N) is 1. The molecule has 2 aromatic rings. The second-order valence-electron chi connectivity index (χ2n) is 6.62. The van der Waals surface area contributed by atoms with Gasteiger partial charge in [-0.25, -0.2) is 4.98 Å². The van der Waals surface area contributed by atoms with Gasteiger partial charge in [-0.15, -0.1) is 0 Å². The third-order valence-electron chi connectivity index (χ3n) is 3.49. The van der Waals surface area contributed by atoms with Crippen LogP contribution in [-0.2, 0) is 0 Å². The number of hydrogen-bond donors (Lipinski definition) is 2. The summed E-state index contributed by atoms with van der Waals surface area (Å²) in [5.74, 6) is 0.0714.